The molecule has 0 aromatic heterocycles. The van der Waals surface area contributed by atoms with Crippen LogP contribution in [0, 0.1) is 0 Å². The van der Waals surface area contributed by atoms with Crippen molar-refractivity contribution >= 4 is 11.9 Å². The molecule has 0 aliphatic heterocycles. The van der Waals surface area contributed by atoms with Gasteiger partial charge in [0.2, 0.25) is 5.91 Å². The van der Waals surface area contributed by atoms with Crippen LogP contribution < -0.4 is 5.32 Å². The van der Waals surface area contributed by atoms with Crippen LogP contribution in [-0.4, -0.2) is 48.1 Å². The van der Waals surface area contributed by atoms with Crippen molar-refractivity contribution in [1.82, 2.24) is 10.2 Å². The summed E-state index contributed by atoms with van der Waals surface area (Å²) in [5.74, 6) is -0.921. The van der Waals surface area contributed by atoms with Gasteiger partial charge in [-0.1, -0.05) is 6.92 Å². The summed E-state index contributed by atoms with van der Waals surface area (Å²) >= 11 is 0. The second-order valence-corrected chi connectivity index (χ2v) is 2.90. The van der Waals surface area contributed by atoms with Crippen LogP contribution >= 0.6 is 0 Å². The fourth-order valence-corrected chi connectivity index (χ4v) is 1.03. The Labute approximate surface area is 84.1 Å². The second kappa shape index (κ2) is 7.32. The van der Waals surface area contributed by atoms with E-state index in [1.54, 1.807) is 0 Å². The van der Waals surface area contributed by atoms with Crippen LogP contribution in [-0.2, 0) is 9.59 Å². The van der Waals surface area contributed by atoms with Crippen molar-refractivity contribution in [1.29, 1.82) is 0 Å². The lowest BCUT2D eigenvalue weighted by atomic mass is 10.3. The molecule has 1 amide bonds. The van der Waals surface area contributed by atoms with E-state index in [0.29, 0.717) is 6.54 Å². The number of carboxylic acids is 1. The number of hydrogen-bond donors (Lipinski definition) is 2. The summed E-state index contributed by atoms with van der Waals surface area (Å²) in [6.07, 6.45) is 0.00566. The zero-order valence-corrected chi connectivity index (χ0v) is 8.75. The molecule has 0 rings (SSSR count). The molecule has 82 valence electrons. The van der Waals surface area contributed by atoms with E-state index in [1.165, 1.54) is 4.90 Å². The van der Waals surface area contributed by atoms with Crippen molar-refractivity contribution in [2.24, 2.45) is 0 Å². The summed E-state index contributed by atoms with van der Waals surface area (Å²) in [5.41, 5.74) is 0. The molecule has 0 aromatic rings. The molecule has 14 heavy (non-hydrogen) atoms. The number of carboxylic acid groups (broad SMARTS) is 1. The number of hydrogen-bond acceptors (Lipinski definition) is 3. The first kappa shape index (κ1) is 12.9. The molecule has 0 saturated heterocycles. The number of nitrogens with zero attached hydrogens (tertiary/aromatic N) is 1. The Bertz CT molecular complexity index is 194. The molecule has 0 spiro atoms. The summed E-state index contributed by atoms with van der Waals surface area (Å²) < 4.78 is 0. The largest absolute Gasteiger partial charge is 0.481 e. The highest BCUT2D eigenvalue weighted by Gasteiger charge is 2.11. The van der Waals surface area contributed by atoms with Crippen LogP contribution in [0.2, 0.25) is 0 Å². The Morgan fingerprint density at radius 1 is 1.36 bits per heavy atom. The molecule has 0 fully saturated rings. The van der Waals surface area contributed by atoms with E-state index in [1.807, 2.05) is 13.8 Å². The monoisotopic (exact) mass is 202 g/mol. The van der Waals surface area contributed by atoms with Gasteiger partial charge in [-0.2, -0.15) is 0 Å². The maximum absolute atomic E-state index is 11.4. The second-order valence-electron chi connectivity index (χ2n) is 2.90. The standard InChI is InChI=1S/C9H18N2O3/c1-3-10-7-8(12)11(4-2)6-5-9(13)14/h10H,3-7H2,1-2H3,(H,13,14). The van der Waals surface area contributed by atoms with E-state index < -0.39 is 5.97 Å². The third-order valence-corrected chi connectivity index (χ3v) is 1.86. The van der Waals surface area contributed by atoms with Crippen molar-refractivity contribution in [2.45, 2.75) is 20.3 Å². The molecule has 0 unspecified atom stereocenters. The Hall–Kier alpha value is -1.10. The highest BCUT2D eigenvalue weighted by atomic mass is 16.4. The fraction of sp³-hybridized carbons (Fsp3) is 0.778. The minimum Gasteiger partial charge on any atom is -0.481 e. The van der Waals surface area contributed by atoms with Gasteiger partial charge >= 0.3 is 5.97 Å². The van der Waals surface area contributed by atoms with Crippen molar-refractivity contribution in [3.05, 3.63) is 0 Å². The van der Waals surface area contributed by atoms with Gasteiger partial charge < -0.3 is 15.3 Å². The Kier molecular flexibility index (Phi) is 6.74. The van der Waals surface area contributed by atoms with E-state index >= 15 is 0 Å². The van der Waals surface area contributed by atoms with Gasteiger partial charge in [0.1, 0.15) is 0 Å². The summed E-state index contributed by atoms with van der Waals surface area (Å²) in [7, 11) is 0. The maximum Gasteiger partial charge on any atom is 0.305 e. The first-order valence-electron chi connectivity index (χ1n) is 4.82. The lowest BCUT2D eigenvalue weighted by Gasteiger charge is -2.19. The SMILES string of the molecule is CCNCC(=O)N(CC)CCC(=O)O. The molecule has 0 aromatic carbocycles. The summed E-state index contributed by atoms with van der Waals surface area (Å²) in [6.45, 7) is 5.62. The average Bonchev–Trinajstić information content (AvgIpc) is 2.15. The number of rotatable bonds is 7. The number of carbonyl (C=O) groups is 2. The van der Waals surface area contributed by atoms with E-state index in [2.05, 4.69) is 5.32 Å². The number of amides is 1. The summed E-state index contributed by atoms with van der Waals surface area (Å²) in [6, 6.07) is 0. The molecule has 5 heteroatoms. The molecule has 5 nitrogen and oxygen atoms in total. The van der Waals surface area contributed by atoms with Crippen molar-refractivity contribution in [3.63, 3.8) is 0 Å². The van der Waals surface area contributed by atoms with Gasteiger partial charge in [-0.05, 0) is 13.5 Å². The molecule has 0 heterocycles. The summed E-state index contributed by atoms with van der Waals surface area (Å²) in [4.78, 5) is 23.3. The van der Waals surface area contributed by atoms with E-state index in [9.17, 15) is 9.59 Å². The minimum atomic E-state index is -0.875. The predicted molar refractivity (Wildman–Crippen MR) is 53.1 cm³/mol. The summed E-state index contributed by atoms with van der Waals surface area (Å²) in [5, 5.41) is 11.4. The van der Waals surface area contributed by atoms with Crippen molar-refractivity contribution in [2.75, 3.05) is 26.2 Å². The first-order chi connectivity index (χ1) is 6.61. The first-order valence-corrected chi connectivity index (χ1v) is 4.82. The molecule has 2 N–H and O–H groups in total. The molecule has 0 aliphatic carbocycles. The maximum atomic E-state index is 11.4. The van der Waals surface area contributed by atoms with Gasteiger partial charge in [-0.25, -0.2) is 0 Å². The number of likely N-dealkylation sites (N-methyl/N-ethyl adjacent to an activating group) is 2. The molecule has 0 atom stereocenters. The van der Waals surface area contributed by atoms with Gasteiger partial charge in [0.15, 0.2) is 0 Å². The molecular formula is C9H18N2O3. The van der Waals surface area contributed by atoms with Gasteiger partial charge in [0, 0.05) is 13.1 Å². The van der Waals surface area contributed by atoms with Crippen molar-refractivity contribution < 1.29 is 14.7 Å². The smallest absolute Gasteiger partial charge is 0.305 e. The van der Waals surface area contributed by atoms with Crippen LogP contribution in [0.15, 0.2) is 0 Å². The van der Waals surface area contributed by atoms with Crippen LogP contribution in [0.5, 0.6) is 0 Å². The normalized spacial score (nSPS) is 9.86. The zero-order valence-electron chi connectivity index (χ0n) is 8.75. The van der Waals surface area contributed by atoms with Gasteiger partial charge in [0.25, 0.3) is 0 Å². The number of nitrogens with one attached hydrogen (secondary N) is 1. The van der Waals surface area contributed by atoms with Gasteiger partial charge in [-0.3, -0.25) is 9.59 Å². The quantitative estimate of drug-likeness (QED) is 0.606. The molecular weight excluding hydrogens is 184 g/mol. The highest BCUT2D eigenvalue weighted by Crippen LogP contribution is 1.92. The lowest BCUT2D eigenvalue weighted by Crippen LogP contribution is -2.39. The minimum absolute atomic E-state index is 0.00566. The van der Waals surface area contributed by atoms with Gasteiger partial charge in [-0.15, -0.1) is 0 Å². The van der Waals surface area contributed by atoms with Crippen LogP contribution in [0.25, 0.3) is 0 Å². The fourth-order valence-electron chi connectivity index (χ4n) is 1.03. The third-order valence-electron chi connectivity index (χ3n) is 1.86. The molecule has 0 aliphatic rings. The number of carbonyl (C=O) groups excluding carboxylic acids is 1. The van der Waals surface area contributed by atoms with Crippen LogP contribution in [0.4, 0.5) is 0 Å². The third kappa shape index (κ3) is 5.53. The lowest BCUT2D eigenvalue weighted by molar-refractivity contribution is -0.138. The Balaban J connectivity index is 3.86. The molecule has 0 saturated carbocycles. The van der Waals surface area contributed by atoms with E-state index in [0.717, 1.165) is 6.54 Å². The molecule has 0 radical (unpaired) electrons. The average molecular weight is 202 g/mol. The molecule has 0 bridgehead atoms. The van der Waals surface area contributed by atoms with Crippen LogP contribution in [0.3, 0.4) is 0 Å². The van der Waals surface area contributed by atoms with E-state index in [4.69, 9.17) is 5.11 Å². The van der Waals surface area contributed by atoms with E-state index in [-0.39, 0.29) is 25.4 Å². The zero-order chi connectivity index (χ0) is 11.0. The Morgan fingerprint density at radius 3 is 2.43 bits per heavy atom. The predicted octanol–water partition coefficient (Wildman–Crippen LogP) is -0.0809. The number of aliphatic carboxylic acids is 1. The topological polar surface area (TPSA) is 69.6 Å². The van der Waals surface area contributed by atoms with Gasteiger partial charge in [0.05, 0.1) is 13.0 Å². The van der Waals surface area contributed by atoms with Crippen molar-refractivity contribution in [3.8, 4) is 0 Å². The highest BCUT2D eigenvalue weighted by molar-refractivity contribution is 5.78. The Morgan fingerprint density at radius 2 is 2.00 bits per heavy atom. The van der Waals surface area contributed by atoms with Crippen LogP contribution in [0.1, 0.15) is 20.3 Å².